The number of rotatable bonds is 1. The molecule has 0 amide bonds. The highest BCUT2D eigenvalue weighted by Gasteiger charge is 2.09. The number of hydrogen-bond donors (Lipinski definition) is 1. The number of hydrogen-bond acceptors (Lipinski definition) is 3. The fourth-order valence-corrected chi connectivity index (χ4v) is 2.03. The third-order valence-electron chi connectivity index (χ3n) is 2.82. The van der Waals surface area contributed by atoms with Crippen molar-refractivity contribution in [2.24, 2.45) is 0 Å². The van der Waals surface area contributed by atoms with E-state index in [9.17, 15) is 0 Å². The average Bonchev–Trinajstić information content (AvgIpc) is 2.74. The van der Waals surface area contributed by atoms with Gasteiger partial charge >= 0.3 is 0 Å². The third kappa shape index (κ3) is 1.50. The first-order valence-corrected chi connectivity index (χ1v) is 5.53. The number of nitrogens with two attached hydrogens (primary N) is 1. The van der Waals surface area contributed by atoms with Crippen LogP contribution in [0.15, 0.2) is 48.5 Å². The Morgan fingerprint density at radius 2 is 1.94 bits per heavy atom. The second-order valence-corrected chi connectivity index (χ2v) is 3.96. The van der Waals surface area contributed by atoms with Crippen molar-refractivity contribution < 1.29 is 0 Å². The molecule has 0 aliphatic carbocycles. The number of aromatic nitrogens is 2. The molecule has 0 aliphatic rings. The minimum atomic E-state index is 0.422. The van der Waals surface area contributed by atoms with Gasteiger partial charge in [-0.05, 0) is 30.3 Å². The maximum atomic E-state index is 8.94. The molecule has 4 heteroatoms. The molecule has 0 radical (unpaired) electrons. The van der Waals surface area contributed by atoms with Crippen molar-refractivity contribution in [2.45, 2.75) is 0 Å². The molecular formula is C14H10N4. The van der Waals surface area contributed by atoms with Gasteiger partial charge in [-0.2, -0.15) is 5.26 Å². The third-order valence-corrected chi connectivity index (χ3v) is 2.82. The number of nitriles is 1. The van der Waals surface area contributed by atoms with E-state index in [0.29, 0.717) is 11.5 Å². The molecule has 0 saturated carbocycles. The van der Waals surface area contributed by atoms with E-state index in [0.717, 1.165) is 16.7 Å². The molecular weight excluding hydrogens is 224 g/mol. The van der Waals surface area contributed by atoms with Crippen LogP contribution in [0.25, 0.3) is 16.7 Å². The molecule has 4 nitrogen and oxygen atoms in total. The molecule has 18 heavy (non-hydrogen) atoms. The topological polar surface area (TPSA) is 67.6 Å². The van der Waals surface area contributed by atoms with E-state index in [1.165, 1.54) is 0 Å². The second-order valence-electron chi connectivity index (χ2n) is 3.96. The molecule has 0 spiro atoms. The number of fused-ring (bicyclic) bond motifs is 1. The first-order valence-electron chi connectivity index (χ1n) is 5.53. The summed E-state index contributed by atoms with van der Waals surface area (Å²) in [5.74, 6) is 0.422. The number of benzene rings is 2. The van der Waals surface area contributed by atoms with E-state index in [1.54, 1.807) is 12.1 Å². The van der Waals surface area contributed by atoms with Crippen LogP contribution >= 0.6 is 0 Å². The number of anilines is 1. The Bertz CT molecular complexity index is 765. The molecule has 0 fully saturated rings. The smallest absolute Gasteiger partial charge is 0.205 e. The predicted octanol–water partition coefficient (Wildman–Crippen LogP) is 2.48. The van der Waals surface area contributed by atoms with Crippen LogP contribution in [0, 0.1) is 11.3 Å². The van der Waals surface area contributed by atoms with Crippen LogP contribution in [0.1, 0.15) is 5.56 Å². The molecule has 3 rings (SSSR count). The molecule has 0 atom stereocenters. The van der Waals surface area contributed by atoms with Crippen LogP contribution in [-0.2, 0) is 0 Å². The zero-order valence-corrected chi connectivity index (χ0v) is 9.54. The summed E-state index contributed by atoms with van der Waals surface area (Å²) >= 11 is 0. The highest BCUT2D eigenvalue weighted by Crippen LogP contribution is 2.23. The number of para-hydroxylation sites is 2. The Kier molecular flexibility index (Phi) is 2.24. The maximum Gasteiger partial charge on any atom is 0.205 e. The van der Waals surface area contributed by atoms with Crippen molar-refractivity contribution in [3.63, 3.8) is 0 Å². The molecule has 2 aromatic carbocycles. The van der Waals surface area contributed by atoms with Gasteiger partial charge in [0.15, 0.2) is 0 Å². The van der Waals surface area contributed by atoms with E-state index in [4.69, 9.17) is 11.0 Å². The van der Waals surface area contributed by atoms with Crippen molar-refractivity contribution in [2.75, 3.05) is 5.73 Å². The molecule has 0 aliphatic heterocycles. The molecule has 1 heterocycles. The van der Waals surface area contributed by atoms with E-state index >= 15 is 0 Å². The normalized spacial score (nSPS) is 10.4. The average molecular weight is 234 g/mol. The summed E-state index contributed by atoms with van der Waals surface area (Å²) in [7, 11) is 0. The van der Waals surface area contributed by atoms with Crippen molar-refractivity contribution >= 4 is 17.0 Å². The van der Waals surface area contributed by atoms with E-state index in [1.807, 2.05) is 41.0 Å². The molecule has 86 valence electrons. The van der Waals surface area contributed by atoms with Crippen molar-refractivity contribution in [1.29, 1.82) is 5.26 Å². The van der Waals surface area contributed by atoms with Gasteiger partial charge in [0.1, 0.15) is 0 Å². The quantitative estimate of drug-likeness (QED) is 0.703. The van der Waals surface area contributed by atoms with E-state index < -0.39 is 0 Å². The van der Waals surface area contributed by atoms with Gasteiger partial charge in [-0.15, -0.1) is 0 Å². The molecule has 0 unspecified atom stereocenters. The minimum absolute atomic E-state index is 0.422. The van der Waals surface area contributed by atoms with Crippen LogP contribution in [0.2, 0.25) is 0 Å². The first-order chi connectivity index (χ1) is 8.79. The van der Waals surface area contributed by atoms with Gasteiger partial charge in [-0.25, -0.2) is 4.98 Å². The Hall–Kier alpha value is -2.80. The zero-order valence-electron chi connectivity index (χ0n) is 9.54. The SMILES string of the molecule is N#Cc1cccc(-n2c(N)nc3ccccc32)c1. The predicted molar refractivity (Wildman–Crippen MR) is 70.2 cm³/mol. The minimum Gasteiger partial charge on any atom is -0.369 e. The van der Waals surface area contributed by atoms with Crippen LogP contribution in [-0.4, -0.2) is 9.55 Å². The van der Waals surface area contributed by atoms with E-state index in [2.05, 4.69) is 11.1 Å². The van der Waals surface area contributed by atoms with Crippen LogP contribution < -0.4 is 5.73 Å². The lowest BCUT2D eigenvalue weighted by atomic mass is 10.2. The lowest BCUT2D eigenvalue weighted by Gasteiger charge is -2.06. The Balaban J connectivity index is 2.31. The molecule has 2 N–H and O–H groups in total. The van der Waals surface area contributed by atoms with Crippen LogP contribution in [0.4, 0.5) is 5.95 Å². The largest absolute Gasteiger partial charge is 0.369 e. The van der Waals surface area contributed by atoms with Gasteiger partial charge < -0.3 is 5.73 Å². The van der Waals surface area contributed by atoms with Gasteiger partial charge in [0.2, 0.25) is 5.95 Å². The monoisotopic (exact) mass is 234 g/mol. The van der Waals surface area contributed by atoms with E-state index in [-0.39, 0.29) is 0 Å². The summed E-state index contributed by atoms with van der Waals surface area (Å²) in [6.07, 6.45) is 0. The zero-order chi connectivity index (χ0) is 12.5. The van der Waals surface area contributed by atoms with Gasteiger partial charge in [0.25, 0.3) is 0 Å². The molecule has 0 bridgehead atoms. The summed E-state index contributed by atoms with van der Waals surface area (Å²) in [6, 6.07) is 17.2. The lowest BCUT2D eigenvalue weighted by molar-refractivity contribution is 1.11. The van der Waals surface area contributed by atoms with Crippen molar-refractivity contribution in [3.05, 3.63) is 54.1 Å². The summed E-state index contributed by atoms with van der Waals surface area (Å²) < 4.78 is 1.84. The first kappa shape index (κ1) is 10.4. The van der Waals surface area contributed by atoms with Crippen molar-refractivity contribution in [1.82, 2.24) is 9.55 Å². The van der Waals surface area contributed by atoms with Crippen molar-refractivity contribution in [3.8, 4) is 11.8 Å². The number of imidazole rings is 1. The summed E-state index contributed by atoms with van der Waals surface area (Å²) in [5, 5.41) is 8.94. The van der Waals surface area contributed by atoms with Crippen LogP contribution in [0.5, 0.6) is 0 Å². The summed E-state index contributed by atoms with van der Waals surface area (Å²) in [5.41, 5.74) is 9.17. The number of nitrogen functional groups attached to an aromatic ring is 1. The van der Waals surface area contributed by atoms with Crippen LogP contribution in [0.3, 0.4) is 0 Å². The fraction of sp³-hybridized carbons (Fsp3) is 0. The second kappa shape index (κ2) is 3.90. The summed E-state index contributed by atoms with van der Waals surface area (Å²) in [6.45, 7) is 0. The standard InChI is InChI=1S/C14H10N4/c15-9-10-4-3-5-11(8-10)18-13-7-2-1-6-12(13)17-14(18)16/h1-8H,(H2,16,17). The Labute approximate surface area is 104 Å². The van der Waals surface area contributed by atoms with Gasteiger partial charge in [0.05, 0.1) is 28.4 Å². The van der Waals surface area contributed by atoms with Gasteiger partial charge in [-0.1, -0.05) is 18.2 Å². The van der Waals surface area contributed by atoms with Gasteiger partial charge in [0, 0.05) is 0 Å². The highest BCUT2D eigenvalue weighted by atomic mass is 15.2. The fourth-order valence-electron chi connectivity index (χ4n) is 2.03. The highest BCUT2D eigenvalue weighted by molar-refractivity contribution is 5.80. The lowest BCUT2D eigenvalue weighted by Crippen LogP contribution is -2.00. The summed E-state index contributed by atoms with van der Waals surface area (Å²) in [4.78, 5) is 4.30. The van der Waals surface area contributed by atoms with Gasteiger partial charge in [-0.3, -0.25) is 4.57 Å². The Morgan fingerprint density at radius 3 is 2.78 bits per heavy atom. The Morgan fingerprint density at radius 1 is 1.11 bits per heavy atom. The maximum absolute atomic E-state index is 8.94. The molecule has 1 aromatic heterocycles. The molecule has 0 saturated heterocycles. The number of nitrogens with zero attached hydrogens (tertiary/aromatic N) is 3. The molecule has 3 aromatic rings.